The molecule has 1 atom stereocenters. The van der Waals surface area contributed by atoms with Crippen LogP contribution in [-0.4, -0.2) is 43.7 Å². The van der Waals surface area contributed by atoms with Gasteiger partial charge in [0.1, 0.15) is 0 Å². The number of benzene rings is 1. The third kappa shape index (κ3) is 5.37. The normalized spacial score (nSPS) is 20.5. The SMILES string of the molecule is O=C(CCNC(=O)NC1CCN(c2ccccc2)C1)NC1CCCC1. The molecule has 1 aromatic carbocycles. The van der Waals surface area contributed by atoms with Crippen LogP contribution in [0.25, 0.3) is 0 Å². The van der Waals surface area contributed by atoms with E-state index in [0.29, 0.717) is 19.0 Å². The van der Waals surface area contributed by atoms with Crippen LogP contribution in [-0.2, 0) is 4.79 Å². The molecule has 1 unspecified atom stereocenters. The van der Waals surface area contributed by atoms with Crippen LogP contribution in [0.2, 0.25) is 0 Å². The zero-order valence-electron chi connectivity index (χ0n) is 14.7. The van der Waals surface area contributed by atoms with Gasteiger partial charge in [0, 0.05) is 43.8 Å². The number of para-hydroxylation sites is 1. The molecule has 136 valence electrons. The van der Waals surface area contributed by atoms with E-state index in [-0.39, 0.29) is 18.0 Å². The Morgan fingerprint density at radius 1 is 1.00 bits per heavy atom. The van der Waals surface area contributed by atoms with Crippen LogP contribution in [0.4, 0.5) is 10.5 Å². The smallest absolute Gasteiger partial charge is 0.315 e. The first-order chi connectivity index (χ1) is 12.2. The molecule has 2 fully saturated rings. The van der Waals surface area contributed by atoms with Crippen LogP contribution in [0, 0.1) is 0 Å². The first kappa shape index (κ1) is 17.6. The molecule has 3 N–H and O–H groups in total. The second kappa shape index (κ2) is 8.74. The lowest BCUT2D eigenvalue weighted by Crippen LogP contribution is -2.44. The summed E-state index contributed by atoms with van der Waals surface area (Å²) in [6, 6.07) is 10.5. The van der Waals surface area contributed by atoms with Crippen molar-refractivity contribution in [2.45, 2.75) is 50.6 Å². The summed E-state index contributed by atoms with van der Waals surface area (Å²) < 4.78 is 0. The number of rotatable bonds is 6. The summed E-state index contributed by atoms with van der Waals surface area (Å²) in [6.07, 6.45) is 5.84. The van der Waals surface area contributed by atoms with Gasteiger partial charge in [-0.15, -0.1) is 0 Å². The molecular weight excluding hydrogens is 316 g/mol. The minimum Gasteiger partial charge on any atom is -0.369 e. The van der Waals surface area contributed by atoms with Crippen molar-refractivity contribution in [2.24, 2.45) is 0 Å². The number of nitrogens with one attached hydrogen (secondary N) is 3. The zero-order chi connectivity index (χ0) is 17.5. The Kier molecular flexibility index (Phi) is 6.14. The maximum absolute atomic E-state index is 12.0. The number of urea groups is 1. The highest BCUT2D eigenvalue weighted by Gasteiger charge is 2.24. The van der Waals surface area contributed by atoms with E-state index in [9.17, 15) is 9.59 Å². The van der Waals surface area contributed by atoms with Gasteiger partial charge in [0.25, 0.3) is 0 Å². The van der Waals surface area contributed by atoms with Crippen molar-refractivity contribution >= 4 is 17.6 Å². The number of nitrogens with zero attached hydrogens (tertiary/aromatic N) is 1. The highest BCUT2D eigenvalue weighted by atomic mass is 16.2. The molecule has 0 aromatic heterocycles. The lowest BCUT2D eigenvalue weighted by Gasteiger charge is -2.19. The van der Waals surface area contributed by atoms with Gasteiger partial charge in [0.2, 0.25) is 5.91 Å². The first-order valence-electron chi connectivity index (χ1n) is 9.34. The number of hydrogen-bond donors (Lipinski definition) is 3. The number of anilines is 1. The Morgan fingerprint density at radius 3 is 2.52 bits per heavy atom. The molecule has 1 heterocycles. The molecule has 1 aromatic rings. The van der Waals surface area contributed by atoms with Gasteiger partial charge in [0.05, 0.1) is 0 Å². The fourth-order valence-corrected chi connectivity index (χ4v) is 3.65. The van der Waals surface area contributed by atoms with Gasteiger partial charge in [-0.3, -0.25) is 4.79 Å². The molecule has 25 heavy (non-hydrogen) atoms. The molecule has 6 nitrogen and oxygen atoms in total. The van der Waals surface area contributed by atoms with Crippen molar-refractivity contribution in [3.8, 4) is 0 Å². The topological polar surface area (TPSA) is 73.5 Å². The zero-order valence-corrected chi connectivity index (χ0v) is 14.7. The van der Waals surface area contributed by atoms with Gasteiger partial charge in [0.15, 0.2) is 0 Å². The molecule has 0 radical (unpaired) electrons. The van der Waals surface area contributed by atoms with E-state index in [2.05, 4.69) is 33.0 Å². The van der Waals surface area contributed by atoms with Crippen molar-refractivity contribution in [2.75, 3.05) is 24.5 Å². The first-order valence-corrected chi connectivity index (χ1v) is 9.34. The van der Waals surface area contributed by atoms with Crippen molar-refractivity contribution in [1.82, 2.24) is 16.0 Å². The number of hydrogen-bond acceptors (Lipinski definition) is 3. The van der Waals surface area contributed by atoms with Crippen molar-refractivity contribution < 1.29 is 9.59 Å². The minimum absolute atomic E-state index is 0.0309. The van der Waals surface area contributed by atoms with Crippen LogP contribution < -0.4 is 20.9 Å². The molecule has 6 heteroatoms. The summed E-state index contributed by atoms with van der Waals surface area (Å²) in [5, 5.41) is 8.82. The van der Waals surface area contributed by atoms with Crippen LogP contribution in [0.1, 0.15) is 38.5 Å². The van der Waals surface area contributed by atoms with Crippen molar-refractivity contribution in [3.63, 3.8) is 0 Å². The minimum atomic E-state index is -0.187. The van der Waals surface area contributed by atoms with E-state index in [4.69, 9.17) is 0 Å². The van der Waals surface area contributed by atoms with Gasteiger partial charge >= 0.3 is 6.03 Å². The van der Waals surface area contributed by atoms with Crippen molar-refractivity contribution in [1.29, 1.82) is 0 Å². The van der Waals surface area contributed by atoms with Gasteiger partial charge in [-0.05, 0) is 31.4 Å². The van der Waals surface area contributed by atoms with Crippen LogP contribution in [0.5, 0.6) is 0 Å². The monoisotopic (exact) mass is 344 g/mol. The standard InChI is InChI=1S/C19H28N4O2/c24-18(21-15-6-4-5-7-15)10-12-20-19(25)22-16-11-13-23(14-16)17-8-2-1-3-9-17/h1-3,8-9,15-16H,4-7,10-14H2,(H,21,24)(H2,20,22,25). The Labute approximate surface area is 149 Å². The molecule has 1 saturated heterocycles. The van der Waals surface area contributed by atoms with Crippen molar-refractivity contribution in [3.05, 3.63) is 30.3 Å². The summed E-state index contributed by atoms with van der Waals surface area (Å²) in [5.41, 5.74) is 1.19. The summed E-state index contributed by atoms with van der Waals surface area (Å²) in [6.45, 7) is 2.14. The molecule has 0 bridgehead atoms. The van der Waals surface area contributed by atoms with E-state index in [1.54, 1.807) is 0 Å². The lowest BCUT2D eigenvalue weighted by atomic mass is 10.2. The second-order valence-electron chi connectivity index (χ2n) is 6.97. The van der Waals surface area contributed by atoms with Gasteiger partial charge in [-0.25, -0.2) is 4.79 Å². The predicted octanol–water partition coefficient (Wildman–Crippen LogP) is 2.01. The van der Waals surface area contributed by atoms with Gasteiger partial charge in [-0.1, -0.05) is 31.0 Å². The van der Waals surface area contributed by atoms with Gasteiger partial charge < -0.3 is 20.9 Å². The Balaban J connectivity index is 1.31. The summed E-state index contributed by atoms with van der Waals surface area (Å²) >= 11 is 0. The van der Waals surface area contributed by atoms with E-state index in [0.717, 1.165) is 32.4 Å². The average Bonchev–Trinajstić information content (AvgIpc) is 3.27. The van der Waals surface area contributed by atoms with Crippen LogP contribution in [0.3, 0.4) is 0 Å². The quantitative estimate of drug-likeness (QED) is 0.739. The summed E-state index contributed by atoms with van der Waals surface area (Å²) in [4.78, 5) is 26.1. The maximum Gasteiger partial charge on any atom is 0.315 e. The van der Waals surface area contributed by atoms with E-state index < -0.39 is 0 Å². The largest absolute Gasteiger partial charge is 0.369 e. The Hall–Kier alpha value is -2.24. The molecule has 0 spiro atoms. The number of carbonyl (C=O) groups is 2. The molecule has 1 aliphatic carbocycles. The molecular formula is C19H28N4O2. The predicted molar refractivity (Wildman–Crippen MR) is 98.6 cm³/mol. The highest BCUT2D eigenvalue weighted by molar-refractivity contribution is 5.78. The second-order valence-corrected chi connectivity index (χ2v) is 6.97. The third-order valence-corrected chi connectivity index (χ3v) is 5.00. The molecule has 1 saturated carbocycles. The maximum atomic E-state index is 12.0. The Morgan fingerprint density at radius 2 is 1.76 bits per heavy atom. The fourth-order valence-electron chi connectivity index (χ4n) is 3.65. The average molecular weight is 344 g/mol. The summed E-state index contributed by atoms with van der Waals surface area (Å²) in [7, 11) is 0. The fraction of sp³-hybridized carbons (Fsp3) is 0.579. The third-order valence-electron chi connectivity index (χ3n) is 5.00. The van der Waals surface area contributed by atoms with E-state index in [1.165, 1.54) is 18.5 Å². The van der Waals surface area contributed by atoms with E-state index in [1.807, 2.05) is 18.2 Å². The van der Waals surface area contributed by atoms with Crippen LogP contribution >= 0.6 is 0 Å². The molecule has 3 amide bonds. The Bertz CT molecular complexity index is 572. The van der Waals surface area contributed by atoms with Gasteiger partial charge in [-0.2, -0.15) is 0 Å². The van der Waals surface area contributed by atoms with Crippen LogP contribution in [0.15, 0.2) is 30.3 Å². The summed E-state index contributed by atoms with van der Waals surface area (Å²) in [5.74, 6) is 0.0309. The number of amides is 3. The molecule has 2 aliphatic rings. The lowest BCUT2D eigenvalue weighted by molar-refractivity contribution is -0.121. The highest BCUT2D eigenvalue weighted by Crippen LogP contribution is 2.19. The molecule has 1 aliphatic heterocycles. The van der Waals surface area contributed by atoms with E-state index >= 15 is 0 Å². The molecule has 3 rings (SSSR count). The number of carbonyl (C=O) groups excluding carboxylic acids is 2.